The van der Waals surface area contributed by atoms with Crippen molar-refractivity contribution in [3.63, 3.8) is 0 Å². The molecule has 2 heterocycles. The highest BCUT2D eigenvalue weighted by atomic mass is 16.5. The minimum Gasteiger partial charge on any atom is -0.359 e. The molecule has 3 rings (SSSR count). The Balaban J connectivity index is 1.48. The lowest BCUT2D eigenvalue weighted by Gasteiger charge is -2.10. The molecule has 7 heteroatoms. The standard InChI is InChI=1S/C22H32N6O/c1-4-16(5-2)20-14-17(29-28-20)15-25-22(23-6-3)24-13-9-12-21-26-18-10-7-8-11-19(18)27-21/h7-8,10-11,14,16H,4-6,9,12-13,15H2,1-3H3,(H,26,27)(H2,23,24,25). The van der Waals surface area contributed by atoms with Gasteiger partial charge in [-0.15, -0.1) is 0 Å². The third kappa shape index (κ3) is 5.82. The van der Waals surface area contributed by atoms with Gasteiger partial charge in [-0.05, 0) is 38.3 Å². The number of nitrogens with zero attached hydrogens (tertiary/aromatic N) is 3. The molecule has 3 N–H and O–H groups in total. The van der Waals surface area contributed by atoms with E-state index in [2.05, 4.69) is 57.6 Å². The lowest BCUT2D eigenvalue weighted by Crippen LogP contribution is -2.37. The Morgan fingerprint density at radius 2 is 2.00 bits per heavy atom. The van der Waals surface area contributed by atoms with Gasteiger partial charge in [0.2, 0.25) is 0 Å². The van der Waals surface area contributed by atoms with Crippen molar-refractivity contribution in [2.45, 2.75) is 58.9 Å². The molecule has 0 atom stereocenters. The zero-order chi connectivity index (χ0) is 20.5. The number of hydrogen-bond donors (Lipinski definition) is 3. The van der Waals surface area contributed by atoms with E-state index in [0.29, 0.717) is 12.5 Å². The monoisotopic (exact) mass is 396 g/mol. The van der Waals surface area contributed by atoms with E-state index >= 15 is 0 Å². The van der Waals surface area contributed by atoms with Crippen molar-refractivity contribution in [3.05, 3.63) is 47.6 Å². The molecular formula is C22H32N6O. The number of aryl methyl sites for hydroxylation is 1. The molecule has 0 radical (unpaired) electrons. The fraction of sp³-hybridized carbons (Fsp3) is 0.500. The van der Waals surface area contributed by atoms with Gasteiger partial charge in [-0.2, -0.15) is 0 Å². The Labute approximate surface area is 172 Å². The quantitative estimate of drug-likeness (QED) is 0.272. The summed E-state index contributed by atoms with van der Waals surface area (Å²) in [6.07, 6.45) is 4.00. The predicted molar refractivity (Wildman–Crippen MR) is 117 cm³/mol. The molecule has 156 valence electrons. The molecule has 0 aliphatic rings. The van der Waals surface area contributed by atoms with E-state index in [1.165, 1.54) is 0 Å². The van der Waals surface area contributed by atoms with E-state index in [1.807, 2.05) is 24.3 Å². The van der Waals surface area contributed by atoms with Gasteiger partial charge in [-0.1, -0.05) is 31.1 Å². The maximum Gasteiger partial charge on any atom is 0.191 e. The summed E-state index contributed by atoms with van der Waals surface area (Å²) in [6, 6.07) is 10.1. The Bertz CT molecular complexity index is 876. The van der Waals surface area contributed by atoms with E-state index in [1.54, 1.807) is 0 Å². The summed E-state index contributed by atoms with van der Waals surface area (Å²) in [5.41, 5.74) is 3.14. The summed E-state index contributed by atoms with van der Waals surface area (Å²) in [7, 11) is 0. The maximum atomic E-state index is 5.47. The summed E-state index contributed by atoms with van der Waals surface area (Å²) < 4.78 is 5.47. The van der Waals surface area contributed by atoms with Gasteiger partial charge >= 0.3 is 0 Å². The van der Waals surface area contributed by atoms with Crippen LogP contribution in [0, 0.1) is 0 Å². The number of nitrogens with one attached hydrogen (secondary N) is 3. The molecule has 0 aliphatic heterocycles. The van der Waals surface area contributed by atoms with Crippen molar-refractivity contribution < 1.29 is 4.52 Å². The lowest BCUT2D eigenvalue weighted by molar-refractivity contribution is 0.372. The molecule has 7 nitrogen and oxygen atoms in total. The van der Waals surface area contributed by atoms with Crippen LogP contribution in [0.15, 0.2) is 39.8 Å². The number of benzene rings is 1. The van der Waals surface area contributed by atoms with Crippen LogP contribution < -0.4 is 10.6 Å². The van der Waals surface area contributed by atoms with Crippen molar-refractivity contribution in [2.24, 2.45) is 4.99 Å². The lowest BCUT2D eigenvalue weighted by atomic mass is 9.99. The molecule has 0 amide bonds. The number of imidazole rings is 1. The van der Waals surface area contributed by atoms with Crippen molar-refractivity contribution in [2.75, 3.05) is 13.1 Å². The smallest absolute Gasteiger partial charge is 0.191 e. The number of rotatable bonds is 10. The van der Waals surface area contributed by atoms with Crippen molar-refractivity contribution in [1.29, 1.82) is 0 Å². The van der Waals surface area contributed by atoms with Gasteiger partial charge in [0.05, 0.1) is 16.7 Å². The van der Waals surface area contributed by atoms with Gasteiger partial charge < -0.3 is 20.1 Å². The Morgan fingerprint density at radius 1 is 1.17 bits per heavy atom. The molecule has 0 unspecified atom stereocenters. The Morgan fingerprint density at radius 3 is 2.76 bits per heavy atom. The molecular weight excluding hydrogens is 364 g/mol. The molecule has 0 bridgehead atoms. The van der Waals surface area contributed by atoms with E-state index in [4.69, 9.17) is 4.52 Å². The molecule has 0 saturated carbocycles. The van der Waals surface area contributed by atoms with Gasteiger partial charge in [0, 0.05) is 31.5 Å². The minimum absolute atomic E-state index is 0.459. The van der Waals surface area contributed by atoms with Crippen LogP contribution in [0.2, 0.25) is 0 Å². The minimum atomic E-state index is 0.459. The van der Waals surface area contributed by atoms with Crippen LogP contribution in [0.3, 0.4) is 0 Å². The first-order valence-electron chi connectivity index (χ1n) is 10.6. The number of H-pyrrole nitrogens is 1. The first-order valence-corrected chi connectivity index (χ1v) is 10.6. The topological polar surface area (TPSA) is 91.1 Å². The van der Waals surface area contributed by atoms with Crippen LogP contribution in [0.25, 0.3) is 11.0 Å². The first-order chi connectivity index (χ1) is 14.2. The van der Waals surface area contributed by atoms with Crippen molar-refractivity contribution in [1.82, 2.24) is 25.8 Å². The fourth-order valence-electron chi connectivity index (χ4n) is 3.39. The average molecular weight is 397 g/mol. The largest absolute Gasteiger partial charge is 0.359 e. The van der Waals surface area contributed by atoms with E-state index in [9.17, 15) is 0 Å². The summed E-state index contributed by atoms with van der Waals surface area (Å²) in [6.45, 7) is 8.53. The highest BCUT2D eigenvalue weighted by Gasteiger charge is 2.12. The maximum absolute atomic E-state index is 5.47. The number of fused-ring (bicyclic) bond motifs is 1. The number of aromatic amines is 1. The second-order valence-electron chi connectivity index (χ2n) is 7.16. The van der Waals surface area contributed by atoms with Gasteiger partial charge in [0.1, 0.15) is 12.4 Å². The fourth-order valence-corrected chi connectivity index (χ4v) is 3.39. The van der Waals surface area contributed by atoms with E-state index in [-0.39, 0.29) is 0 Å². The number of aliphatic imine (C=N–C) groups is 1. The summed E-state index contributed by atoms with van der Waals surface area (Å²) in [5.74, 6) is 3.07. The zero-order valence-electron chi connectivity index (χ0n) is 17.7. The zero-order valence-corrected chi connectivity index (χ0v) is 17.7. The van der Waals surface area contributed by atoms with Crippen molar-refractivity contribution in [3.8, 4) is 0 Å². The SMILES string of the molecule is CCNC(=NCc1cc(C(CC)CC)no1)NCCCc1nc2ccccc2[nH]1. The molecule has 2 aromatic heterocycles. The molecule has 29 heavy (non-hydrogen) atoms. The van der Waals surface area contributed by atoms with Crippen LogP contribution in [-0.4, -0.2) is 34.2 Å². The van der Waals surface area contributed by atoms with Gasteiger partial charge in [-0.25, -0.2) is 9.98 Å². The van der Waals surface area contributed by atoms with Gasteiger partial charge in [-0.3, -0.25) is 0 Å². The first kappa shape index (κ1) is 20.9. The molecule has 0 aliphatic carbocycles. The molecule has 3 aromatic rings. The van der Waals surface area contributed by atoms with E-state index in [0.717, 1.165) is 73.0 Å². The second kappa shape index (κ2) is 10.6. The molecule has 0 fully saturated rings. The summed E-state index contributed by atoms with van der Waals surface area (Å²) >= 11 is 0. The molecule has 0 spiro atoms. The van der Waals surface area contributed by atoms with Gasteiger partial charge in [0.25, 0.3) is 0 Å². The molecule has 0 saturated heterocycles. The number of guanidine groups is 1. The summed E-state index contributed by atoms with van der Waals surface area (Å²) in [5, 5.41) is 10.9. The highest BCUT2D eigenvalue weighted by Crippen LogP contribution is 2.22. The van der Waals surface area contributed by atoms with Crippen LogP contribution >= 0.6 is 0 Å². The Kier molecular flexibility index (Phi) is 7.67. The van der Waals surface area contributed by atoms with Crippen molar-refractivity contribution >= 4 is 17.0 Å². The third-order valence-electron chi connectivity index (χ3n) is 5.04. The number of hydrogen-bond acceptors (Lipinski definition) is 4. The van der Waals surface area contributed by atoms with Crippen LogP contribution in [0.4, 0.5) is 0 Å². The van der Waals surface area contributed by atoms with Crippen LogP contribution in [-0.2, 0) is 13.0 Å². The predicted octanol–water partition coefficient (Wildman–Crippen LogP) is 4.14. The average Bonchev–Trinajstić information content (AvgIpc) is 3.37. The second-order valence-corrected chi connectivity index (χ2v) is 7.16. The van der Waals surface area contributed by atoms with Gasteiger partial charge in [0.15, 0.2) is 11.7 Å². The normalized spacial score (nSPS) is 12.1. The highest BCUT2D eigenvalue weighted by molar-refractivity contribution is 5.79. The van der Waals surface area contributed by atoms with Crippen LogP contribution in [0.5, 0.6) is 0 Å². The number of para-hydroxylation sites is 2. The van der Waals surface area contributed by atoms with Crippen LogP contribution in [0.1, 0.15) is 63.2 Å². The Hall–Kier alpha value is -2.83. The number of aromatic nitrogens is 3. The van der Waals surface area contributed by atoms with E-state index < -0.39 is 0 Å². The summed E-state index contributed by atoms with van der Waals surface area (Å²) in [4.78, 5) is 12.6. The third-order valence-corrected chi connectivity index (χ3v) is 5.04. The molecule has 1 aromatic carbocycles.